The minimum absolute atomic E-state index is 0.120. The number of nitro benzene ring substituents is 1. The standard InChI is InChI=1S/C20H23N3O5S/c1-13-7-8-18(28-2)17(11-13)22-20(25)16(9-10-29-3)21-19(24)14-5-4-6-15(12-14)23(26)27/h4-8,11-12,16H,9-10H2,1-3H3,(H,21,24)(H,22,25)/t16-/m0/s1. The van der Waals surface area contributed by atoms with E-state index in [-0.39, 0.29) is 17.2 Å². The first-order valence-electron chi connectivity index (χ1n) is 8.85. The lowest BCUT2D eigenvalue weighted by Gasteiger charge is -2.19. The minimum atomic E-state index is -0.806. The summed E-state index contributed by atoms with van der Waals surface area (Å²) in [6.45, 7) is 1.89. The second-order valence-electron chi connectivity index (χ2n) is 6.31. The number of nitro groups is 1. The van der Waals surface area contributed by atoms with Gasteiger partial charge in [0, 0.05) is 17.7 Å². The van der Waals surface area contributed by atoms with Crippen LogP contribution in [0.4, 0.5) is 11.4 Å². The number of non-ortho nitro benzene ring substituents is 1. The predicted molar refractivity (Wildman–Crippen MR) is 114 cm³/mol. The van der Waals surface area contributed by atoms with Crippen LogP contribution in [-0.2, 0) is 4.79 Å². The smallest absolute Gasteiger partial charge is 0.270 e. The molecule has 0 spiro atoms. The summed E-state index contributed by atoms with van der Waals surface area (Å²) >= 11 is 1.55. The number of benzene rings is 2. The van der Waals surface area contributed by atoms with E-state index in [4.69, 9.17) is 4.74 Å². The predicted octanol–water partition coefficient (Wildman–Crippen LogP) is 3.40. The first kappa shape index (κ1) is 22.2. The zero-order valence-corrected chi connectivity index (χ0v) is 17.2. The van der Waals surface area contributed by atoms with Crippen molar-refractivity contribution < 1.29 is 19.2 Å². The van der Waals surface area contributed by atoms with Crippen LogP contribution in [0, 0.1) is 17.0 Å². The van der Waals surface area contributed by atoms with Gasteiger partial charge in [-0.25, -0.2) is 0 Å². The first-order chi connectivity index (χ1) is 13.8. The second-order valence-corrected chi connectivity index (χ2v) is 7.29. The van der Waals surface area contributed by atoms with E-state index >= 15 is 0 Å². The molecule has 0 aliphatic rings. The highest BCUT2D eigenvalue weighted by molar-refractivity contribution is 7.98. The Morgan fingerprint density at radius 1 is 1.24 bits per heavy atom. The molecule has 0 radical (unpaired) electrons. The topological polar surface area (TPSA) is 111 Å². The number of carbonyl (C=O) groups excluding carboxylic acids is 2. The molecule has 2 amide bonds. The van der Waals surface area contributed by atoms with Crippen molar-refractivity contribution in [2.45, 2.75) is 19.4 Å². The first-order valence-corrected chi connectivity index (χ1v) is 10.2. The molecular formula is C20H23N3O5S. The highest BCUT2D eigenvalue weighted by Crippen LogP contribution is 2.25. The molecule has 0 aliphatic heterocycles. The fourth-order valence-electron chi connectivity index (χ4n) is 2.65. The molecule has 154 valence electrons. The molecule has 0 saturated heterocycles. The van der Waals surface area contributed by atoms with Crippen LogP contribution in [0.3, 0.4) is 0 Å². The van der Waals surface area contributed by atoms with Gasteiger partial charge in [0.15, 0.2) is 0 Å². The summed E-state index contributed by atoms with van der Waals surface area (Å²) in [5.74, 6) is 0.226. The van der Waals surface area contributed by atoms with Crippen LogP contribution in [0.25, 0.3) is 0 Å². The Morgan fingerprint density at radius 2 is 2.00 bits per heavy atom. The number of hydrogen-bond acceptors (Lipinski definition) is 6. The molecule has 0 fully saturated rings. The number of nitrogens with zero attached hydrogens (tertiary/aromatic N) is 1. The third kappa shape index (κ3) is 6.21. The average molecular weight is 417 g/mol. The Kier molecular flexibility index (Phi) is 8.02. The molecule has 0 saturated carbocycles. The summed E-state index contributed by atoms with van der Waals surface area (Å²) in [5.41, 5.74) is 1.39. The van der Waals surface area contributed by atoms with Gasteiger partial charge in [-0.15, -0.1) is 0 Å². The average Bonchev–Trinajstić information content (AvgIpc) is 2.71. The highest BCUT2D eigenvalue weighted by atomic mass is 32.2. The van der Waals surface area contributed by atoms with E-state index in [1.54, 1.807) is 23.9 Å². The van der Waals surface area contributed by atoms with Crippen LogP contribution in [0.15, 0.2) is 42.5 Å². The van der Waals surface area contributed by atoms with Gasteiger partial charge in [0.1, 0.15) is 11.8 Å². The van der Waals surface area contributed by atoms with Gasteiger partial charge in [0.05, 0.1) is 17.7 Å². The van der Waals surface area contributed by atoms with Gasteiger partial charge < -0.3 is 15.4 Å². The van der Waals surface area contributed by atoms with Gasteiger partial charge in [-0.05, 0) is 49.1 Å². The molecule has 0 bridgehead atoms. The lowest BCUT2D eigenvalue weighted by molar-refractivity contribution is -0.384. The molecule has 8 nitrogen and oxygen atoms in total. The van der Waals surface area contributed by atoms with E-state index in [0.29, 0.717) is 23.6 Å². The van der Waals surface area contributed by atoms with Crippen LogP contribution in [-0.4, -0.2) is 41.9 Å². The Balaban J connectivity index is 2.19. The molecule has 2 aromatic carbocycles. The lowest BCUT2D eigenvalue weighted by atomic mass is 10.1. The van der Waals surface area contributed by atoms with E-state index < -0.39 is 16.9 Å². The maximum Gasteiger partial charge on any atom is 0.270 e. The van der Waals surface area contributed by atoms with Crippen molar-refractivity contribution in [3.63, 3.8) is 0 Å². The van der Waals surface area contributed by atoms with Crippen molar-refractivity contribution in [1.29, 1.82) is 0 Å². The van der Waals surface area contributed by atoms with Gasteiger partial charge >= 0.3 is 0 Å². The van der Waals surface area contributed by atoms with Crippen LogP contribution >= 0.6 is 11.8 Å². The largest absolute Gasteiger partial charge is 0.495 e. The molecule has 2 rings (SSSR count). The number of anilines is 1. The molecule has 2 N–H and O–H groups in total. The van der Waals surface area contributed by atoms with E-state index in [9.17, 15) is 19.7 Å². The number of hydrogen-bond donors (Lipinski definition) is 2. The number of rotatable bonds is 9. The fraction of sp³-hybridized carbons (Fsp3) is 0.300. The molecule has 0 unspecified atom stereocenters. The van der Waals surface area contributed by atoms with E-state index in [1.165, 1.54) is 31.4 Å². The zero-order chi connectivity index (χ0) is 21.4. The van der Waals surface area contributed by atoms with E-state index in [0.717, 1.165) is 5.56 Å². The van der Waals surface area contributed by atoms with Crippen molar-refractivity contribution >= 4 is 35.0 Å². The SMILES string of the molecule is COc1ccc(C)cc1NC(=O)[C@H](CCSC)NC(=O)c1cccc([N+](=O)[O-])c1. The van der Waals surface area contributed by atoms with Crippen LogP contribution in [0.2, 0.25) is 0 Å². The number of nitrogens with one attached hydrogen (secondary N) is 2. The molecule has 0 aliphatic carbocycles. The van der Waals surface area contributed by atoms with Crippen molar-refractivity contribution in [3.8, 4) is 5.75 Å². The van der Waals surface area contributed by atoms with Crippen molar-refractivity contribution in [1.82, 2.24) is 5.32 Å². The maximum absolute atomic E-state index is 12.8. The van der Waals surface area contributed by atoms with Gasteiger partial charge in [-0.3, -0.25) is 19.7 Å². The molecule has 2 aromatic rings. The molecule has 9 heteroatoms. The van der Waals surface area contributed by atoms with Crippen LogP contribution < -0.4 is 15.4 Å². The van der Waals surface area contributed by atoms with Crippen molar-refractivity contribution in [2.24, 2.45) is 0 Å². The third-order valence-corrected chi connectivity index (χ3v) is 4.81. The molecule has 1 atom stereocenters. The molecule has 0 aromatic heterocycles. The summed E-state index contributed by atoms with van der Waals surface area (Å²) < 4.78 is 5.28. The van der Waals surface area contributed by atoms with Crippen LogP contribution in [0.5, 0.6) is 5.75 Å². The Bertz CT molecular complexity index is 903. The second kappa shape index (κ2) is 10.5. The van der Waals surface area contributed by atoms with E-state index in [1.807, 2.05) is 19.2 Å². The van der Waals surface area contributed by atoms with Gasteiger partial charge in [-0.1, -0.05) is 12.1 Å². The van der Waals surface area contributed by atoms with Crippen molar-refractivity contribution in [3.05, 3.63) is 63.7 Å². The number of aryl methyl sites for hydroxylation is 1. The summed E-state index contributed by atoms with van der Waals surface area (Å²) in [6, 6.07) is 9.98. The number of carbonyl (C=O) groups is 2. The van der Waals surface area contributed by atoms with Crippen molar-refractivity contribution in [2.75, 3.05) is 24.4 Å². The normalized spacial score (nSPS) is 11.4. The van der Waals surface area contributed by atoms with E-state index in [2.05, 4.69) is 10.6 Å². The third-order valence-electron chi connectivity index (χ3n) is 4.16. The summed E-state index contributed by atoms with van der Waals surface area (Å²) in [5, 5.41) is 16.4. The number of ether oxygens (including phenoxy) is 1. The Hall–Kier alpha value is -3.07. The zero-order valence-electron chi connectivity index (χ0n) is 16.4. The summed E-state index contributed by atoms with van der Waals surface area (Å²) in [4.78, 5) is 35.8. The highest BCUT2D eigenvalue weighted by Gasteiger charge is 2.23. The maximum atomic E-state index is 12.8. The summed E-state index contributed by atoms with van der Waals surface area (Å²) in [6.07, 6.45) is 2.31. The Morgan fingerprint density at radius 3 is 2.66 bits per heavy atom. The molecular weight excluding hydrogens is 394 g/mol. The summed E-state index contributed by atoms with van der Waals surface area (Å²) in [7, 11) is 1.51. The lowest BCUT2D eigenvalue weighted by Crippen LogP contribution is -2.44. The minimum Gasteiger partial charge on any atom is -0.495 e. The van der Waals surface area contributed by atoms with Gasteiger partial charge in [0.2, 0.25) is 5.91 Å². The number of methoxy groups -OCH3 is 1. The molecule has 29 heavy (non-hydrogen) atoms. The Labute approximate surface area is 173 Å². The molecule has 0 heterocycles. The monoisotopic (exact) mass is 417 g/mol. The number of amides is 2. The van der Waals surface area contributed by atoms with Gasteiger partial charge in [-0.2, -0.15) is 11.8 Å². The fourth-order valence-corrected chi connectivity index (χ4v) is 3.12. The quantitative estimate of drug-likeness (QED) is 0.478. The van der Waals surface area contributed by atoms with Crippen LogP contribution in [0.1, 0.15) is 22.3 Å². The van der Waals surface area contributed by atoms with Gasteiger partial charge in [0.25, 0.3) is 11.6 Å². The number of thioether (sulfide) groups is 1.